The molecule has 2 fully saturated rings. The zero-order chi connectivity index (χ0) is 23.3. The van der Waals surface area contributed by atoms with E-state index in [1.165, 1.54) is 27.6 Å². The normalized spacial score (nSPS) is 23.5. The van der Waals surface area contributed by atoms with Crippen LogP contribution in [0.15, 0.2) is 42.6 Å². The average molecular weight is 453 g/mol. The number of nitrogens with zero attached hydrogens (tertiary/aromatic N) is 1. The van der Waals surface area contributed by atoms with Gasteiger partial charge in [-0.1, -0.05) is 18.2 Å². The molecule has 1 aliphatic carbocycles. The maximum Gasteiger partial charge on any atom is 0.335 e. The summed E-state index contributed by atoms with van der Waals surface area (Å²) in [6.07, 6.45) is 3.74. The topological polar surface area (TPSA) is 56.3 Å². The second-order valence-corrected chi connectivity index (χ2v) is 9.95. The van der Waals surface area contributed by atoms with Crippen molar-refractivity contribution in [3.8, 4) is 0 Å². The van der Waals surface area contributed by atoms with Gasteiger partial charge in [0.2, 0.25) is 0 Å². The molecule has 33 heavy (non-hydrogen) atoms. The van der Waals surface area contributed by atoms with E-state index in [2.05, 4.69) is 35.9 Å². The Balaban J connectivity index is 1.45. The van der Waals surface area contributed by atoms with Crippen molar-refractivity contribution in [3.05, 3.63) is 70.4 Å². The van der Waals surface area contributed by atoms with E-state index in [4.69, 9.17) is 0 Å². The number of rotatable bonds is 5. The first kappa shape index (κ1) is 22.1. The number of carboxylic acids is 1. The number of hydrogen-bond acceptors (Lipinski definition) is 2. The van der Waals surface area contributed by atoms with E-state index in [-0.39, 0.29) is 30.4 Å². The number of likely N-dealkylation sites (tertiary alicyclic amines) is 1. The zero-order valence-corrected chi connectivity index (χ0v) is 19.1. The van der Waals surface area contributed by atoms with Gasteiger partial charge in [-0.05, 0) is 85.5 Å². The molecule has 0 amide bonds. The van der Waals surface area contributed by atoms with Crippen molar-refractivity contribution >= 4 is 16.9 Å². The molecule has 4 nitrogen and oxygen atoms in total. The Bertz CT molecular complexity index is 1180. The van der Waals surface area contributed by atoms with Gasteiger partial charge in [0, 0.05) is 42.5 Å². The molecule has 174 valence electrons. The lowest BCUT2D eigenvalue weighted by atomic mass is 9.74. The average Bonchev–Trinajstić information content (AvgIpc) is 3.25. The fraction of sp³-hybridized carbons (Fsp3) is 0.444. The van der Waals surface area contributed by atoms with Crippen LogP contribution in [0.5, 0.6) is 0 Å². The predicted molar refractivity (Wildman–Crippen MR) is 125 cm³/mol. The lowest BCUT2D eigenvalue weighted by Gasteiger charge is -2.48. The van der Waals surface area contributed by atoms with Gasteiger partial charge in [0.1, 0.15) is 0 Å². The molecule has 1 saturated heterocycles. The minimum absolute atomic E-state index is 0.0522. The van der Waals surface area contributed by atoms with Crippen molar-refractivity contribution in [1.82, 2.24) is 9.88 Å². The van der Waals surface area contributed by atoms with Gasteiger partial charge in [0.25, 0.3) is 5.92 Å². The summed E-state index contributed by atoms with van der Waals surface area (Å²) in [5, 5.41) is 10.5. The third-order valence-corrected chi connectivity index (χ3v) is 7.80. The molecule has 6 heteroatoms. The number of carboxylic acid groups (broad SMARTS) is 1. The Morgan fingerprint density at radius 2 is 1.88 bits per heavy atom. The molecule has 2 unspecified atom stereocenters. The molecule has 1 saturated carbocycles. The van der Waals surface area contributed by atoms with Gasteiger partial charge in [-0.3, -0.25) is 4.90 Å². The van der Waals surface area contributed by atoms with Crippen LogP contribution in [0.25, 0.3) is 10.9 Å². The van der Waals surface area contributed by atoms with Crippen LogP contribution in [0.1, 0.15) is 57.8 Å². The summed E-state index contributed by atoms with van der Waals surface area (Å²) < 4.78 is 27.1. The van der Waals surface area contributed by atoms with Crippen LogP contribution in [0.4, 0.5) is 8.78 Å². The van der Waals surface area contributed by atoms with E-state index in [1.807, 2.05) is 18.3 Å². The summed E-state index contributed by atoms with van der Waals surface area (Å²) in [4.78, 5) is 16.9. The molecule has 2 heterocycles. The monoisotopic (exact) mass is 452 g/mol. The molecule has 3 aromatic rings. The van der Waals surface area contributed by atoms with Crippen LogP contribution in [-0.2, 0) is 6.42 Å². The summed E-state index contributed by atoms with van der Waals surface area (Å²) in [7, 11) is 0. The van der Waals surface area contributed by atoms with Gasteiger partial charge in [-0.2, -0.15) is 0 Å². The highest BCUT2D eigenvalue weighted by Gasteiger charge is 2.49. The summed E-state index contributed by atoms with van der Waals surface area (Å²) >= 11 is 0. The Hall–Kier alpha value is -2.73. The van der Waals surface area contributed by atoms with Crippen molar-refractivity contribution in [2.24, 2.45) is 5.92 Å². The quantitative estimate of drug-likeness (QED) is 0.505. The van der Waals surface area contributed by atoms with Crippen molar-refractivity contribution in [3.63, 3.8) is 0 Å². The van der Waals surface area contributed by atoms with E-state index < -0.39 is 11.9 Å². The van der Waals surface area contributed by atoms with Crippen molar-refractivity contribution in [2.75, 3.05) is 13.1 Å². The largest absolute Gasteiger partial charge is 0.478 e. The van der Waals surface area contributed by atoms with E-state index in [0.29, 0.717) is 5.92 Å². The molecular formula is C27H30F2N2O2. The Kier molecular flexibility index (Phi) is 5.52. The number of carbonyl (C=O) groups is 1. The molecule has 2 N–H and O–H groups in total. The Morgan fingerprint density at radius 1 is 1.15 bits per heavy atom. The SMILES string of the molecule is Cc1cc(C)c2[nH]ccc2c1CC1CCN(C2CC(F)(F)C2)CC1c1ccc(C(=O)O)cc1. The molecule has 2 atom stereocenters. The molecule has 0 radical (unpaired) electrons. The standard InChI is InChI=1S/C27H30F2N2O2/c1-16-11-17(2)25-22(7-9-30-25)23(16)12-20-8-10-31(21-13-27(28,29)14-21)15-24(20)18-3-5-19(6-4-18)26(32)33/h3-7,9,11,20-21,24,30H,8,10,12-15H2,1-2H3,(H,32,33). The van der Waals surface area contributed by atoms with E-state index in [1.54, 1.807) is 12.1 Å². The molecule has 5 rings (SSSR count). The summed E-state index contributed by atoms with van der Waals surface area (Å²) in [6.45, 7) is 5.85. The van der Waals surface area contributed by atoms with E-state index >= 15 is 0 Å². The van der Waals surface area contributed by atoms with Crippen LogP contribution in [0.2, 0.25) is 0 Å². The van der Waals surface area contributed by atoms with Gasteiger partial charge in [-0.15, -0.1) is 0 Å². The molecule has 0 spiro atoms. The summed E-state index contributed by atoms with van der Waals surface area (Å²) in [6, 6.07) is 11.5. The molecule has 2 aliphatic rings. The maximum atomic E-state index is 13.6. The number of aromatic amines is 1. The number of aromatic carboxylic acids is 1. The number of alkyl halides is 2. The highest BCUT2D eigenvalue weighted by atomic mass is 19.3. The summed E-state index contributed by atoms with van der Waals surface area (Å²) in [5.41, 5.74) is 6.39. The van der Waals surface area contributed by atoms with E-state index in [9.17, 15) is 18.7 Å². The van der Waals surface area contributed by atoms with Crippen LogP contribution >= 0.6 is 0 Å². The second kappa shape index (κ2) is 8.24. The zero-order valence-electron chi connectivity index (χ0n) is 19.1. The first-order valence-electron chi connectivity index (χ1n) is 11.7. The molecular weight excluding hydrogens is 422 g/mol. The lowest BCUT2D eigenvalue weighted by molar-refractivity contribution is -0.130. The number of nitrogens with one attached hydrogen (secondary N) is 1. The third kappa shape index (κ3) is 4.17. The molecule has 1 aliphatic heterocycles. The minimum Gasteiger partial charge on any atom is -0.478 e. The van der Waals surface area contributed by atoms with Crippen molar-refractivity contribution in [2.45, 2.75) is 57.4 Å². The number of aryl methyl sites for hydroxylation is 2. The third-order valence-electron chi connectivity index (χ3n) is 7.80. The van der Waals surface area contributed by atoms with Gasteiger partial charge in [0.15, 0.2) is 0 Å². The van der Waals surface area contributed by atoms with Gasteiger partial charge in [0.05, 0.1) is 5.56 Å². The lowest BCUT2D eigenvalue weighted by Crippen LogP contribution is -2.54. The molecule has 2 aromatic carbocycles. The van der Waals surface area contributed by atoms with Gasteiger partial charge < -0.3 is 10.1 Å². The number of fused-ring (bicyclic) bond motifs is 1. The van der Waals surface area contributed by atoms with Crippen molar-refractivity contribution < 1.29 is 18.7 Å². The second-order valence-electron chi connectivity index (χ2n) is 9.95. The van der Waals surface area contributed by atoms with Gasteiger partial charge >= 0.3 is 5.97 Å². The maximum absolute atomic E-state index is 13.6. The number of H-pyrrole nitrogens is 1. The predicted octanol–water partition coefficient (Wildman–Crippen LogP) is 5.93. The van der Waals surface area contributed by atoms with Crippen LogP contribution in [0.3, 0.4) is 0 Å². The highest BCUT2D eigenvalue weighted by molar-refractivity contribution is 5.88. The van der Waals surface area contributed by atoms with Crippen LogP contribution < -0.4 is 0 Å². The number of aromatic nitrogens is 1. The fourth-order valence-corrected chi connectivity index (χ4v) is 5.92. The van der Waals surface area contributed by atoms with Crippen LogP contribution in [-0.4, -0.2) is 46.0 Å². The minimum atomic E-state index is -2.53. The fourth-order valence-electron chi connectivity index (χ4n) is 5.92. The van der Waals surface area contributed by atoms with E-state index in [0.717, 1.165) is 31.5 Å². The first-order chi connectivity index (χ1) is 15.7. The Labute approximate surface area is 192 Å². The molecule has 0 bridgehead atoms. The summed E-state index contributed by atoms with van der Waals surface area (Å²) in [5.74, 6) is -2.94. The number of hydrogen-bond donors (Lipinski definition) is 2. The highest BCUT2D eigenvalue weighted by Crippen LogP contribution is 2.44. The van der Waals surface area contributed by atoms with Crippen LogP contribution in [0, 0.1) is 19.8 Å². The van der Waals surface area contributed by atoms with Crippen molar-refractivity contribution in [1.29, 1.82) is 0 Å². The molecule has 1 aromatic heterocycles. The first-order valence-corrected chi connectivity index (χ1v) is 11.7. The number of halogens is 2. The smallest absolute Gasteiger partial charge is 0.335 e. The Morgan fingerprint density at radius 3 is 2.55 bits per heavy atom. The number of benzene rings is 2. The number of piperidine rings is 1. The van der Waals surface area contributed by atoms with Gasteiger partial charge in [-0.25, -0.2) is 13.6 Å².